The molecule has 0 fully saturated rings. The lowest BCUT2D eigenvalue weighted by atomic mass is 10.0. The van der Waals surface area contributed by atoms with Crippen LogP contribution in [0.4, 0.5) is 11.4 Å². The molecule has 0 aliphatic heterocycles. The van der Waals surface area contributed by atoms with Crippen molar-refractivity contribution in [3.63, 3.8) is 0 Å². The Kier molecular flexibility index (Phi) is 4.44. The average molecular weight is 325 g/mol. The number of rotatable bonds is 4. The Morgan fingerprint density at radius 3 is 2.29 bits per heavy atom. The molecule has 0 unspecified atom stereocenters. The highest BCUT2D eigenvalue weighted by Gasteiger charge is 2.18. The first-order valence-electron chi connectivity index (χ1n) is 6.47. The molecule has 112 valence electrons. The van der Waals surface area contributed by atoms with Crippen LogP contribution in [0.25, 0.3) is 0 Å². The van der Waals surface area contributed by atoms with Crippen LogP contribution in [0.2, 0.25) is 5.02 Å². The van der Waals surface area contributed by atoms with Crippen LogP contribution in [0.15, 0.2) is 47.4 Å². The standard InChI is InChI=1S/C15H17ClN2O2S/c1-10(2)11-3-6-13(7-4-11)18-21(19,20)15-9-12(16)5-8-14(15)17/h3-10,18H,17H2,1-2H3. The molecule has 0 aromatic heterocycles. The van der Waals surface area contributed by atoms with Gasteiger partial charge in [0.15, 0.2) is 0 Å². The molecule has 2 aromatic rings. The first kappa shape index (κ1) is 15.7. The summed E-state index contributed by atoms with van der Waals surface area (Å²) in [5, 5.41) is 0.319. The van der Waals surface area contributed by atoms with E-state index in [-0.39, 0.29) is 10.6 Å². The predicted octanol–water partition coefficient (Wildman–Crippen LogP) is 3.85. The largest absolute Gasteiger partial charge is 0.398 e. The molecule has 0 radical (unpaired) electrons. The molecule has 0 saturated heterocycles. The van der Waals surface area contributed by atoms with Crippen molar-refractivity contribution < 1.29 is 8.42 Å². The summed E-state index contributed by atoms with van der Waals surface area (Å²) in [5.41, 5.74) is 7.50. The molecule has 0 heterocycles. The Morgan fingerprint density at radius 2 is 1.71 bits per heavy atom. The van der Waals surface area contributed by atoms with Crippen LogP contribution in [0, 0.1) is 0 Å². The molecule has 21 heavy (non-hydrogen) atoms. The minimum Gasteiger partial charge on any atom is -0.398 e. The van der Waals surface area contributed by atoms with Crippen molar-refractivity contribution in [3.05, 3.63) is 53.1 Å². The molecule has 4 nitrogen and oxygen atoms in total. The van der Waals surface area contributed by atoms with Crippen molar-refractivity contribution in [2.75, 3.05) is 10.5 Å². The molecule has 0 aliphatic carbocycles. The van der Waals surface area contributed by atoms with Gasteiger partial charge in [-0.3, -0.25) is 4.72 Å². The molecule has 0 spiro atoms. The fourth-order valence-corrected chi connectivity index (χ4v) is 3.34. The van der Waals surface area contributed by atoms with Crippen LogP contribution < -0.4 is 10.5 Å². The number of nitrogens with two attached hydrogens (primary N) is 1. The van der Waals surface area contributed by atoms with Gasteiger partial charge in [0.05, 0.1) is 5.69 Å². The maximum absolute atomic E-state index is 12.3. The highest BCUT2D eigenvalue weighted by Crippen LogP contribution is 2.25. The number of hydrogen-bond donors (Lipinski definition) is 2. The van der Waals surface area contributed by atoms with Crippen LogP contribution in [-0.4, -0.2) is 8.42 Å². The highest BCUT2D eigenvalue weighted by atomic mass is 35.5. The van der Waals surface area contributed by atoms with Crippen molar-refractivity contribution in [3.8, 4) is 0 Å². The number of hydrogen-bond acceptors (Lipinski definition) is 3. The summed E-state index contributed by atoms with van der Waals surface area (Å²) in [6, 6.07) is 11.6. The van der Waals surface area contributed by atoms with E-state index in [1.54, 1.807) is 18.2 Å². The third-order valence-electron chi connectivity index (χ3n) is 3.09. The molecular formula is C15H17ClN2O2S. The van der Waals surface area contributed by atoms with Gasteiger partial charge in [-0.2, -0.15) is 0 Å². The minimum atomic E-state index is -3.76. The summed E-state index contributed by atoms with van der Waals surface area (Å²) in [7, 11) is -3.76. The summed E-state index contributed by atoms with van der Waals surface area (Å²) < 4.78 is 27.2. The molecule has 0 saturated carbocycles. The third kappa shape index (κ3) is 3.68. The van der Waals surface area contributed by atoms with Crippen molar-refractivity contribution in [1.29, 1.82) is 0 Å². The summed E-state index contributed by atoms with van der Waals surface area (Å²) in [5.74, 6) is 0.388. The first-order chi connectivity index (χ1) is 9.79. The van der Waals surface area contributed by atoms with Gasteiger partial charge in [0.1, 0.15) is 4.90 Å². The zero-order chi connectivity index (χ0) is 15.6. The van der Waals surface area contributed by atoms with Gasteiger partial charge in [0, 0.05) is 10.7 Å². The van der Waals surface area contributed by atoms with Gasteiger partial charge in [-0.1, -0.05) is 37.6 Å². The molecule has 0 bridgehead atoms. The van der Waals surface area contributed by atoms with Crippen molar-refractivity contribution in [1.82, 2.24) is 0 Å². The van der Waals surface area contributed by atoms with Crippen LogP contribution >= 0.6 is 11.6 Å². The van der Waals surface area contributed by atoms with Gasteiger partial charge >= 0.3 is 0 Å². The predicted molar refractivity (Wildman–Crippen MR) is 87.2 cm³/mol. The van der Waals surface area contributed by atoms with Gasteiger partial charge in [0.25, 0.3) is 10.0 Å². The Bertz CT molecular complexity index is 741. The van der Waals surface area contributed by atoms with E-state index in [2.05, 4.69) is 18.6 Å². The Hall–Kier alpha value is -1.72. The van der Waals surface area contributed by atoms with E-state index < -0.39 is 10.0 Å². The second-order valence-electron chi connectivity index (χ2n) is 5.06. The number of anilines is 2. The zero-order valence-electron chi connectivity index (χ0n) is 11.8. The number of halogens is 1. The molecule has 0 atom stereocenters. The van der Waals surface area contributed by atoms with Gasteiger partial charge < -0.3 is 5.73 Å². The Balaban J connectivity index is 2.31. The van der Waals surface area contributed by atoms with Crippen molar-refractivity contribution >= 4 is 33.0 Å². The van der Waals surface area contributed by atoms with E-state index in [0.717, 1.165) is 5.56 Å². The Morgan fingerprint density at radius 1 is 1.10 bits per heavy atom. The van der Waals surface area contributed by atoms with Gasteiger partial charge in [0.2, 0.25) is 0 Å². The quantitative estimate of drug-likeness (QED) is 0.839. The van der Waals surface area contributed by atoms with E-state index in [1.807, 2.05) is 12.1 Å². The topological polar surface area (TPSA) is 72.2 Å². The molecular weight excluding hydrogens is 308 g/mol. The summed E-state index contributed by atoms with van der Waals surface area (Å²) in [6.45, 7) is 4.15. The van der Waals surface area contributed by atoms with E-state index in [4.69, 9.17) is 17.3 Å². The fraction of sp³-hybridized carbons (Fsp3) is 0.200. The summed E-state index contributed by atoms with van der Waals surface area (Å²) >= 11 is 5.83. The lowest BCUT2D eigenvalue weighted by molar-refractivity contribution is 0.601. The van der Waals surface area contributed by atoms with Crippen LogP contribution in [0.1, 0.15) is 25.3 Å². The summed E-state index contributed by atoms with van der Waals surface area (Å²) in [6.07, 6.45) is 0. The normalized spacial score (nSPS) is 11.6. The smallest absolute Gasteiger partial charge is 0.263 e. The van der Waals surface area contributed by atoms with Crippen molar-refractivity contribution in [2.24, 2.45) is 0 Å². The number of nitrogen functional groups attached to an aromatic ring is 1. The Labute approximate surface area is 130 Å². The molecule has 6 heteroatoms. The maximum atomic E-state index is 12.3. The van der Waals surface area contributed by atoms with E-state index in [9.17, 15) is 8.42 Å². The zero-order valence-corrected chi connectivity index (χ0v) is 13.4. The van der Waals surface area contributed by atoms with Crippen LogP contribution in [-0.2, 0) is 10.0 Å². The molecule has 2 aromatic carbocycles. The second-order valence-corrected chi connectivity index (χ2v) is 7.15. The lowest BCUT2D eigenvalue weighted by Crippen LogP contribution is -2.14. The van der Waals surface area contributed by atoms with Gasteiger partial charge in [-0.05, 0) is 41.8 Å². The third-order valence-corrected chi connectivity index (χ3v) is 4.77. The van der Waals surface area contributed by atoms with Crippen molar-refractivity contribution in [2.45, 2.75) is 24.7 Å². The summed E-state index contributed by atoms with van der Waals surface area (Å²) in [4.78, 5) is -0.0251. The number of sulfonamides is 1. The fourth-order valence-electron chi connectivity index (χ4n) is 1.89. The number of benzene rings is 2. The first-order valence-corrected chi connectivity index (χ1v) is 8.33. The van der Waals surface area contributed by atoms with E-state index in [0.29, 0.717) is 16.6 Å². The van der Waals surface area contributed by atoms with Crippen LogP contribution in [0.3, 0.4) is 0 Å². The molecule has 0 amide bonds. The monoisotopic (exact) mass is 324 g/mol. The highest BCUT2D eigenvalue weighted by molar-refractivity contribution is 7.92. The number of nitrogens with one attached hydrogen (secondary N) is 1. The lowest BCUT2D eigenvalue weighted by Gasteiger charge is -2.12. The SMILES string of the molecule is CC(C)c1ccc(NS(=O)(=O)c2cc(Cl)ccc2N)cc1. The van der Waals surface area contributed by atoms with Gasteiger partial charge in [-0.15, -0.1) is 0 Å². The van der Waals surface area contributed by atoms with E-state index >= 15 is 0 Å². The van der Waals surface area contributed by atoms with Gasteiger partial charge in [-0.25, -0.2) is 8.42 Å². The average Bonchev–Trinajstić information content (AvgIpc) is 2.41. The van der Waals surface area contributed by atoms with Crippen LogP contribution in [0.5, 0.6) is 0 Å². The molecule has 2 rings (SSSR count). The molecule has 0 aliphatic rings. The minimum absolute atomic E-state index is 0.0251. The second kappa shape index (κ2) is 5.95. The maximum Gasteiger partial charge on any atom is 0.263 e. The van der Waals surface area contributed by atoms with E-state index in [1.165, 1.54) is 12.1 Å². The molecule has 3 N–H and O–H groups in total.